The molecule has 1 unspecified atom stereocenters. The highest BCUT2D eigenvalue weighted by Crippen LogP contribution is 2.45. The fraction of sp³-hybridized carbons (Fsp3) is 0.167. The first-order valence-corrected chi connectivity index (χ1v) is 17.2. The number of ketones is 1. The number of hydrogen-bond donors (Lipinski definition) is 2. The normalized spacial score (nSPS) is 15.6. The lowest BCUT2D eigenvalue weighted by molar-refractivity contribution is -0.132. The second kappa shape index (κ2) is 14.5. The number of halogens is 1. The Morgan fingerprint density at radius 2 is 1.73 bits per heavy atom. The zero-order valence-corrected chi connectivity index (χ0v) is 28.3. The number of Topliss-reactive ketones (excluding diaryl/α,β-unsaturated/α-hetero) is 1. The standard InChI is InChI=1S/C36H30ClN3O6S2/c1-3-45-29-18-24(12-17-28(29)41)31-30(32(42)23-10-15-27(16-11-23)46-19-25-7-5-4-6-21(25)2)33(43)34(44)40(31)35-38-39-36(48-35)47-20-22-8-13-26(37)14-9-22/h4-18,31,41-42H,3,19-20H2,1-2H3/b32-30+. The molecule has 1 saturated heterocycles. The third-order valence-electron chi connectivity index (χ3n) is 7.70. The summed E-state index contributed by atoms with van der Waals surface area (Å²) < 4.78 is 12.1. The molecule has 2 N–H and O–H groups in total. The number of phenolic OH excluding ortho intramolecular Hbond substituents is 1. The Balaban J connectivity index is 1.33. The van der Waals surface area contributed by atoms with E-state index in [-0.39, 0.29) is 34.6 Å². The number of aromatic nitrogens is 2. The van der Waals surface area contributed by atoms with Crippen LogP contribution in [0.5, 0.6) is 17.2 Å². The molecule has 0 saturated carbocycles. The SMILES string of the molecule is CCOc1cc(C2/C(=C(\O)c3ccc(OCc4ccccc4C)cc3)C(=O)C(=O)N2c2nnc(SCc3ccc(Cl)cc3)s2)ccc1O. The zero-order valence-electron chi connectivity index (χ0n) is 25.9. The number of ether oxygens (including phenoxy) is 2. The second-order valence-electron chi connectivity index (χ2n) is 10.8. The summed E-state index contributed by atoms with van der Waals surface area (Å²) in [5.74, 6) is -0.870. The van der Waals surface area contributed by atoms with Crippen LogP contribution in [0.1, 0.15) is 40.8 Å². The number of aliphatic hydroxyl groups is 1. The molecule has 0 bridgehead atoms. The van der Waals surface area contributed by atoms with Crippen LogP contribution < -0.4 is 14.4 Å². The zero-order chi connectivity index (χ0) is 33.8. The minimum atomic E-state index is -1.08. The highest BCUT2D eigenvalue weighted by atomic mass is 35.5. The quantitative estimate of drug-likeness (QED) is 0.0463. The fourth-order valence-electron chi connectivity index (χ4n) is 5.20. The molecular formula is C36H30ClN3O6S2. The molecule has 1 atom stereocenters. The van der Waals surface area contributed by atoms with Crippen molar-refractivity contribution in [3.8, 4) is 17.2 Å². The number of phenols is 1. The van der Waals surface area contributed by atoms with E-state index >= 15 is 0 Å². The van der Waals surface area contributed by atoms with Gasteiger partial charge in [-0.1, -0.05) is 77.2 Å². The van der Waals surface area contributed by atoms with Crippen molar-refractivity contribution >= 4 is 57.3 Å². The van der Waals surface area contributed by atoms with Gasteiger partial charge >= 0.3 is 5.91 Å². The van der Waals surface area contributed by atoms with Crippen molar-refractivity contribution < 1.29 is 29.3 Å². The topological polar surface area (TPSA) is 122 Å². The molecule has 1 fully saturated rings. The van der Waals surface area contributed by atoms with Gasteiger partial charge in [-0.25, -0.2) is 0 Å². The Hall–Kier alpha value is -4.84. The van der Waals surface area contributed by atoms with Crippen LogP contribution in [-0.2, 0) is 21.9 Å². The fourth-order valence-corrected chi connectivity index (χ4v) is 7.15. The lowest BCUT2D eigenvalue weighted by Gasteiger charge is -2.23. The lowest BCUT2D eigenvalue weighted by atomic mass is 9.95. The molecule has 5 aromatic rings. The average Bonchev–Trinajstić information content (AvgIpc) is 3.66. The van der Waals surface area contributed by atoms with E-state index in [0.29, 0.717) is 38.6 Å². The summed E-state index contributed by atoms with van der Waals surface area (Å²) in [4.78, 5) is 28.6. The van der Waals surface area contributed by atoms with E-state index in [1.807, 2.05) is 55.5 Å². The van der Waals surface area contributed by atoms with Gasteiger partial charge in [0.1, 0.15) is 18.1 Å². The predicted molar refractivity (Wildman–Crippen MR) is 187 cm³/mol. The number of aryl methyl sites for hydroxylation is 1. The van der Waals surface area contributed by atoms with Crippen LogP contribution in [0.2, 0.25) is 5.02 Å². The molecule has 1 aliphatic rings. The van der Waals surface area contributed by atoms with E-state index in [1.54, 1.807) is 43.3 Å². The van der Waals surface area contributed by atoms with Gasteiger partial charge in [0.25, 0.3) is 5.78 Å². The van der Waals surface area contributed by atoms with E-state index in [1.165, 1.54) is 22.7 Å². The summed E-state index contributed by atoms with van der Waals surface area (Å²) in [6.45, 7) is 4.44. The maximum atomic E-state index is 13.7. The first-order chi connectivity index (χ1) is 23.2. The van der Waals surface area contributed by atoms with Gasteiger partial charge in [-0.3, -0.25) is 14.5 Å². The molecule has 1 aliphatic heterocycles. The van der Waals surface area contributed by atoms with Crippen LogP contribution in [0.4, 0.5) is 5.13 Å². The molecule has 4 aromatic carbocycles. The van der Waals surface area contributed by atoms with E-state index < -0.39 is 17.7 Å². The van der Waals surface area contributed by atoms with Gasteiger partial charge in [0.15, 0.2) is 15.8 Å². The molecule has 6 rings (SSSR count). The number of carbonyl (C=O) groups excluding carboxylic acids is 2. The second-order valence-corrected chi connectivity index (χ2v) is 13.4. The highest BCUT2D eigenvalue weighted by Gasteiger charge is 2.48. The molecule has 1 amide bonds. The molecule has 244 valence electrons. The van der Waals surface area contributed by atoms with Crippen LogP contribution in [0.3, 0.4) is 0 Å². The summed E-state index contributed by atoms with van der Waals surface area (Å²) in [5, 5.41) is 31.4. The Labute approximate surface area is 290 Å². The summed E-state index contributed by atoms with van der Waals surface area (Å²) in [6, 6.07) is 25.5. The molecule has 48 heavy (non-hydrogen) atoms. The average molecular weight is 700 g/mol. The largest absolute Gasteiger partial charge is 0.507 e. The number of nitrogens with zero attached hydrogens (tertiary/aromatic N) is 3. The van der Waals surface area contributed by atoms with Gasteiger partial charge in [0, 0.05) is 16.3 Å². The molecule has 12 heteroatoms. The van der Waals surface area contributed by atoms with Crippen molar-refractivity contribution in [2.75, 3.05) is 11.5 Å². The number of rotatable bonds is 11. The van der Waals surface area contributed by atoms with Gasteiger partial charge in [-0.15, -0.1) is 10.2 Å². The van der Waals surface area contributed by atoms with E-state index in [0.717, 1.165) is 28.0 Å². The van der Waals surface area contributed by atoms with Crippen molar-refractivity contribution in [2.24, 2.45) is 0 Å². The third-order valence-corrected chi connectivity index (χ3v) is 10.1. The molecule has 0 aliphatic carbocycles. The number of thioether (sulfide) groups is 1. The lowest BCUT2D eigenvalue weighted by Crippen LogP contribution is -2.29. The van der Waals surface area contributed by atoms with Gasteiger partial charge in [-0.2, -0.15) is 0 Å². The first kappa shape index (κ1) is 33.1. The number of amides is 1. The van der Waals surface area contributed by atoms with Crippen molar-refractivity contribution in [1.82, 2.24) is 10.2 Å². The van der Waals surface area contributed by atoms with E-state index in [2.05, 4.69) is 10.2 Å². The van der Waals surface area contributed by atoms with Crippen LogP contribution in [0.25, 0.3) is 5.76 Å². The van der Waals surface area contributed by atoms with Crippen LogP contribution >= 0.6 is 34.7 Å². The van der Waals surface area contributed by atoms with Crippen LogP contribution in [0.15, 0.2) is 101 Å². The maximum Gasteiger partial charge on any atom is 0.301 e. The maximum absolute atomic E-state index is 13.7. The van der Waals surface area contributed by atoms with Crippen molar-refractivity contribution in [3.63, 3.8) is 0 Å². The molecule has 9 nitrogen and oxygen atoms in total. The Morgan fingerprint density at radius 1 is 0.979 bits per heavy atom. The number of anilines is 1. The number of benzene rings is 4. The van der Waals surface area contributed by atoms with E-state index in [4.69, 9.17) is 21.1 Å². The summed E-state index contributed by atoms with van der Waals surface area (Å²) in [5.41, 5.74) is 3.81. The minimum absolute atomic E-state index is 0.101. The number of aliphatic hydroxyl groups excluding tert-OH is 1. The molecular weight excluding hydrogens is 670 g/mol. The van der Waals surface area contributed by atoms with E-state index in [9.17, 15) is 19.8 Å². The Kier molecular flexibility index (Phi) is 10.00. The molecule has 0 radical (unpaired) electrons. The predicted octanol–water partition coefficient (Wildman–Crippen LogP) is 8.10. The van der Waals surface area contributed by atoms with Crippen molar-refractivity contribution in [2.45, 2.75) is 36.6 Å². The number of carbonyl (C=O) groups is 2. The minimum Gasteiger partial charge on any atom is -0.507 e. The summed E-state index contributed by atoms with van der Waals surface area (Å²) in [7, 11) is 0. The molecule has 1 aromatic heterocycles. The summed E-state index contributed by atoms with van der Waals surface area (Å²) in [6.07, 6.45) is 0. The molecule has 0 spiro atoms. The Bertz CT molecular complexity index is 2000. The van der Waals surface area contributed by atoms with Crippen molar-refractivity contribution in [1.29, 1.82) is 0 Å². The van der Waals surface area contributed by atoms with Crippen LogP contribution in [0, 0.1) is 6.92 Å². The summed E-state index contributed by atoms with van der Waals surface area (Å²) >= 11 is 8.59. The Morgan fingerprint density at radius 3 is 2.46 bits per heavy atom. The van der Waals surface area contributed by atoms with Gasteiger partial charge < -0.3 is 19.7 Å². The monoisotopic (exact) mass is 699 g/mol. The third kappa shape index (κ3) is 7.03. The number of hydrogen-bond acceptors (Lipinski definition) is 10. The van der Waals surface area contributed by atoms with Crippen molar-refractivity contribution in [3.05, 3.63) is 129 Å². The highest BCUT2D eigenvalue weighted by molar-refractivity contribution is 8.00. The van der Waals surface area contributed by atoms with Gasteiger partial charge in [-0.05, 0) is 84.6 Å². The molecule has 2 heterocycles. The van der Waals surface area contributed by atoms with Gasteiger partial charge in [0.05, 0.1) is 18.2 Å². The first-order valence-electron chi connectivity index (χ1n) is 15.0. The smallest absolute Gasteiger partial charge is 0.301 e. The van der Waals surface area contributed by atoms with Gasteiger partial charge in [0.2, 0.25) is 5.13 Å². The van der Waals surface area contributed by atoms with Crippen LogP contribution in [-0.4, -0.2) is 38.7 Å². The number of aromatic hydroxyl groups is 1.